The number of piperazine rings is 1. The zero-order chi connectivity index (χ0) is 14.7. The second kappa shape index (κ2) is 6.57. The summed E-state index contributed by atoms with van der Waals surface area (Å²) in [6.07, 6.45) is 4.63. The minimum atomic E-state index is -0.894. The van der Waals surface area contributed by atoms with Gasteiger partial charge in [0.15, 0.2) is 0 Å². The fraction of sp³-hybridized carbons (Fsp3) is 0.867. The van der Waals surface area contributed by atoms with Crippen LogP contribution in [0.3, 0.4) is 0 Å². The zero-order valence-electron chi connectivity index (χ0n) is 12.5. The number of hydrogen-bond donors (Lipinski definition) is 2. The molecular formula is C15H26N2O3. The molecule has 1 aliphatic heterocycles. The third-order valence-corrected chi connectivity index (χ3v) is 4.80. The lowest BCUT2D eigenvalue weighted by molar-refractivity contribution is -0.145. The number of carbonyl (C=O) groups excluding carboxylic acids is 1. The molecule has 3 unspecified atom stereocenters. The van der Waals surface area contributed by atoms with Gasteiger partial charge in [-0.2, -0.15) is 0 Å². The maximum atomic E-state index is 12.0. The van der Waals surface area contributed by atoms with Gasteiger partial charge in [-0.25, -0.2) is 0 Å². The SMILES string of the molecule is CC(C)C1CCCCC1N1CCNC(=O)C1CC(=O)O. The first kappa shape index (κ1) is 15.3. The van der Waals surface area contributed by atoms with Gasteiger partial charge in [-0.3, -0.25) is 14.5 Å². The van der Waals surface area contributed by atoms with Crippen molar-refractivity contribution < 1.29 is 14.7 Å². The first-order chi connectivity index (χ1) is 9.50. The molecule has 1 amide bonds. The average molecular weight is 282 g/mol. The van der Waals surface area contributed by atoms with E-state index in [0.717, 1.165) is 13.0 Å². The van der Waals surface area contributed by atoms with Crippen molar-refractivity contribution in [1.29, 1.82) is 0 Å². The Labute approximate surface area is 120 Å². The first-order valence-electron chi connectivity index (χ1n) is 7.76. The fourth-order valence-electron chi connectivity index (χ4n) is 3.83. The van der Waals surface area contributed by atoms with Gasteiger partial charge in [-0.1, -0.05) is 26.7 Å². The van der Waals surface area contributed by atoms with Gasteiger partial charge in [0.25, 0.3) is 0 Å². The highest BCUT2D eigenvalue weighted by molar-refractivity contribution is 5.86. The molecule has 0 aromatic heterocycles. The van der Waals surface area contributed by atoms with Crippen LogP contribution in [-0.4, -0.2) is 47.1 Å². The van der Waals surface area contributed by atoms with E-state index in [-0.39, 0.29) is 12.3 Å². The summed E-state index contributed by atoms with van der Waals surface area (Å²) in [4.78, 5) is 25.3. The Bertz CT molecular complexity index is 370. The summed E-state index contributed by atoms with van der Waals surface area (Å²) in [6.45, 7) is 5.88. The topological polar surface area (TPSA) is 69.6 Å². The largest absolute Gasteiger partial charge is 0.481 e. The predicted octanol–water partition coefficient (Wildman–Crippen LogP) is 1.48. The van der Waals surface area contributed by atoms with Crippen LogP contribution in [0.5, 0.6) is 0 Å². The molecule has 0 aromatic carbocycles. The number of amides is 1. The van der Waals surface area contributed by atoms with Crippen LogP contribution >= 0.6 is 0 Å². The number of nitrogens with one attached hydrogen (secondary N) is 1. The van der Waals surface area contributed by atoms with Gasteiger partial charge in [-0.15, -0.1) is 0 Å². The second-order valence-corrected chi connectivity index (χ2v) is 6.40. The minimum absolute atomic E-state index is 0.0901. The van der Waals surface area contributed by atoms with Crippen molar-refractivity contribution in [3.63, 3.8) is 0 Å². The summed E-state index contributed by atoms with van der Waals surface area (Å²) < 4.78 is 0. The molecule has 20 heavy (non-hydrogen) atoms. The number of hydrogen-bond acceptors (Lipinski definition) is 3. The third-order valence-electron chi connectivity index (χ3n) is 4.80. The monoisotopic (exact) mass is 282 g/mol. The molecule has 3 atom stereocenters. The van der Waals surface area contributed by atoms with E-state index in [1.54, 1.807) is 0 Å². The first-order valence-corrected chi connectivity index (χ1v) is 7.76. The van der Waals surface area contributed by atoms with Crippen LogP contribution in [0.1, 0.15) is 46.0 Å². The van der Waals surface area contributed by atoms with E-state index in [0.29, 0.717) is 24.4 Å². The molecule has 2 aliphatic rings. The predicted molar refractivity (Wildman–Crippen MR) is 76.3 cm³/mol. The molecule has 1 saturated heterocycles. The Kier molecular flexibility index (Phi) is 5.02. The number of aliphatic carboxylic acids is 1. The van der Waals surface area contributed by atoms with Gasteiger partial charge in [-0.05, 0) is 24.7 Å². The minimum Gasteiger partial charge on any atom is -0.481 e. The molecule has 5 heteroatoms. The summed E-state index contributed by atoms with van der Waals surface area (Å²) in [5.74, 6) is 0.141. The standard InChI is InChI=1S/C15H26N2O3/c1-10(2)11-5-3-4-6-12(11)17-8-7-16-15(20)13(17)9-14(18)19/h10-13H,3-9H2,1-2H3,(H,16,20)(H,18,19). The van der Waals surface area contributed by atoms with E-state index >= 15 is 0 Å². The van der Waals surface area contributed by atoms with Crippen LogP contribution < -0.4 is 5.32 Å². The summed E-state index contributed by atoms with van der Waals surface area (Å²) in [5, 5.41) is 11.9. The van der Waals surface area contributed by atoms with Gasteiger partial charge in [0.05, 0.1) is 12.5 Å². The summed E-state index contributed by atoms with van der Waals surface area (Å²) in [6, 6.07) is -0.134. The van der Waals surface area contributed by atoms with Crippen molar-refractivity contribution in [2.75, 3.05) is 13.1 Å². The van der Waals surface area contributed by atoms with Crippen molar-refractivity contribution in [2.24, 2.45) is 11.8 Å². The van der Waals surface area contributed by atoms with Gasteiger partial charge < -0.3 is 10.4 Å². The normalized spacial score (nSPS) is 32.1. The van der Waals surface area contributed by atoms with Crippen LogP contribution in [-0.2, 0) is 9.59 Å². The molecule has 0 aromatic rings. The van der Waals surface area contributed by atoms with Crippen LogP contribution in [0.2, 0.25) is 0 Å². The molecule has 1 heterocycles. The summed E-state index contributed by atoms with van der Waals surface area (Å²) >= 11 is 0. The molecular weight excluding hydrogens is 256 g/mol. The molecule has 2 fully saturated rings. The quantitative estimate of drug-likeness (QED) is 0.819. The van der Waals surface area contributed by atoms with Gasteiger partial charge in [0.2, 0.25) is 5.91 Å². The molecule has 0 radical (unpaired) electrons. The van der Waals surface area contributed by atoms with Crippen LogP contribution in [0.15, 0.2) is 0 Å². The molecule has 114 valence electrons. The Morgan fingerprint density at radius 3 is 2.75 bits per heavy atom. The van der Waals surface area contributed by atoms with Crippen LogP contribution in [0.4, 0.5) is 0 Å². The van der Waals surface area contributed by atoms with Gasteiger partial charge >= 0.3 is 5.97 Å². The highest BCUT2D eigenvalue weighted by Crippen LogP contribution is 2.35. The smallest absolute Gasteiger partial charge is 0.305 e. The molecule has 0 bridgehead atoms. The fourth-order valence-corrected chi connectivity index (χ4v) is 3.83. The number of carboxylic acids is 1. The lowest BCUT2D eigenvalue weighted by atomic mass is 9.76. The van der Waals surface area contributed by atoms with Crippen LogP contribution in [0, 0.1) is 11.8 Å². The number of carboxylic acid groups (broad SMARTS) is 1. The molecule has 5 nitrogen and oxygen atoms in total. The molecule has 1 saturated carbocycles. The van der Waals surface area contributed by atoms with E-state index < -0.39 is 12.0 Å². The van der Waals surface area contributed by atoms with Crippen molar-refractivity contribution in [1.82, 2.24) is 10.2 Å². The average Bonchev–Trinajstić information content (AvgIpc) is 2.40. The highest BCUT2D eigenvalue weighted by atomic mass is 16.4. The van der Waals surface area contributed by atoms with E-state index in [4.69, 9.17) is 5.11 Å². The Morgan fingerprint density at radius 2 is 2.10 bits per heavy atom. The lowest BCUT2D eigenvalue weighted by Crippen LogP contribution is -2.61. The van der Waals surface area contributed by atoms with Crippen molar-refractivity contribution in [2.45, 2.75) is 58.0 Å². The third kappa shape index (κ3) is 3.32. The lowest BCUT2D eigenvalue weighted by Gasteiger charge is -2.46. The van der Waals surface area contributed by atoms with Crippen molar-refractivity contribution in [3.05, 3.63) is 0 Å². The summed E-state index contributed by atoms with van der Waals surface area (Å²) in [5.41, 5.74) is 0. The van der Waals surface area contributed by atoms with Crippen molar-refractivity contribution >= 4 is 11.9 Å². The van der Waals surface area contributed by atoms with E-state index in [2.05, 4.69) is 24.1 Å². The van der Waals surface area contributed by atoms with Gasteiger partial charge in [0, 0.05) is 19.1 Å². The Balaban J connectivity index is 2.17. The molecule has 2 rings (SSSR count). The zero-order valence-corrected chi connectivity index (χ0v) is 12.5. The number of carbonyl (C=O) groups is 2. The molecule has 2 N–H and O–H groups in total. The maximum absolute atomic E-state index is 12.0. The molecule has 0 spiro atoms. The van der Waals surface area contributed by atoms with Crippen LogP contribution in [0.25, 0.3) is 0 Å². The Morgan fingerprint density at radius 1 is 1.40 bits per heavy atom. The Hall–Kier alpha value is -1.10. The van der Waals surface area contributed by atoms with E-state index in [1.165, 1.54) is 19.3 Å². The van der Waals surface area contributed by atoms with Gasteiger partial charge in [0.1, 0.15) is 0 Å². The van der Waals surface area contributed by atoms with E-state index in [9.17, 15) is 9.59 Å². The van der Waals surface area contributed by atoms with E-state index in [1.807, 2.05) is 0 Å². The number of nitrogens with zero attached hydrogens (tertiary/aromatic N) is 1. The molecule has 1 aliphatic carbocycles. The summed E-state index contributed by atoms with van der Waals surface area (Å²) in [7, 11) is 0. The number of rotatable bonds is 4. The highest BCUT2D eigenvalue weighted by Gasteiger charge is 2.40. The van der Waals surface area contributed by atoms with Crippen molar-refractivity contribution in [3.8, 4) is 0 Å². The maximum Gasteiger partial charge on any atom is 0.305 e. The second-order valence-electron chi connectivity index (χ2n) is 6.40.